The van der Waals surface area contributed by atoms with Crippen molar-refractivity contribution in [1.82, 2.24) is 10.6 Å². The topological polar surface area (TPSA) is 76.7 Å². The molecular weight excluding hydrogens is 363 g/mol. The molecule has 148 valence electrons. The number of nitrogens with one attached hydrogen (secondary N) is 2. The van der Waals surface area contributed by atoms with Gasteiger partial charge in [-0.1, -0.05) is 12.1 Å². The lowest BCUT2D eigenvalue weighted by molar-refractivity contribution is -0.121. The molecule has 2 N–H and O–H groups in total. The molecule has 0 aliphatic rings. The molecule has 2 amide bonds. The third kappa shape index (κ3) is 7.90. The van der Waals surface area contributed by atoms with Crippen LogP contribution in [0.3, 0.4) is 0 Å². The summed E-state index contributed by atoms with van der Waals surface area (Å²) in [5, 5.41) is 5.34. The Morgan fingerprint density at radius 3 is 2.32 bits per heavy atom. The molecule has 0 aromatic heterocycles. The lowest BCUT2D eigenvalue weighted by atomic mass is 10.2. The number of halogens is 1. The molecule has 2 rings (SSSR count). The second-order valence-corrected chi connectivity index (χ2v) is 5.80. The first-order chi connectivity index (χ1) is 13.6. The van der Waals surface area contributed by atoms with Crippen LogP contribution in [-0.4, -0.2) is 38.6 Å². The molecule has 6 nitrogen and oxygen atoms in total. The van der Waals surface area contributed by atoms with Crippen molar-refractivity contribution in [3.63, 3.8) is 0 Å². The molecule has 0 spiro atoms. The van der Waals surface area contributed by atoms with Crippen molar-refractivity contribution in [2.75, 3.05) is 26.8 Å². The molecule has 28 heavy (non-hydrogen) atoms. The average molecular weight is 386 g/mol. The van der Waals surface area contributed by atoms with Crippen LogP contribution in [0, 0.1) is 5.82 Å². The number of benzene rings is 2. The second kappa shape index (κ2) is 11.4. The Labute approximate surface area is 163 Å². The minimum atomic E-state index is -0.332. The van der Waals surface area contributed by atoms with Gasteiger partial charge in [-0.15, -0.1) is 0 Å². The van der Waals surface area contributed by atoms with E-state index in [0.29, 0.717) is 12.3 Å². The molecule has 0 unspecified atom stereocenters. The molecule has 0 saturated carbocycles. The molecule has 7 heteroatoms. The Kier molecular flexibility index (Phi) is 8.52. The predicted octanol–water partition coefficient (Wildman–Crippen LogP) is 2.55. The van der Waals surface area contributed by atoms with Gasteiger partial charge < -0.3 is 20.1 Å². The van der Waals surface area contributed by atoms with E-state index in [-0.39, 0.29) is 37.2 Å². The number of amides is 2. The van der Waals surface area contributed by atoms with Gasteiger partial charge in [-0.05, 0) is 48.0 Å². The summed E-state index contributed by atoms with van der Waals surface area (Å²) in [7, 11) is 1.59. The van der Waals surface area contributed by atoms with Gasteiger partial charge in [0.15, 0.2) is 0 Å². The van der Waals surface area contributed by atoms with Gasteiger partial charge in [-0.2, -0.15) is 0 Å². The van der Waals surface area contributed by atoms with Crippen molar-refractivity contribution in [1.29, 1.82) is 0 Å². The Balaban J connectivity index is 1.57. The van der Waals surface area contributed by atoms with Crippen molar-refractivity contribution < 1.29 is 23.5 Å². The smallest absolute Gasteiger partial charge is 0.244 e. The number of carbonyl (C=O) groups excluding carboxylic acids is 2. The number of hydrogen-bond acceptors (Lipinski definition) is 4. The average Bonchev–Trinajstić information content (AvgIpc) is 2.71. The minimum absolute atomic E-state index is 0.165. The molecule has 0 aliphatic heterocycles. The molecule has 2 aromatic carbocycles. The zero-order valence-corrected chi connectivity index (χ0v) is 15.6. The summed E-state index contributed by atoms with van der Waals surface area (Å²) < 4.78 is 23.2. The number of methoxy groups -OCH3 is 1. The van der Waals surface area contributed by atoms with Gasteiger partial charge in [0.05, 0.1) is 13.7 Å². The summed E-state index contributed by atoms with van der Waals surface area (Å²) in [5.41, 5.74) is 0.870. The Morgan fingerprint density at radius 1 is 0.964 bits per heavy atom. The van der Waals surface area contributed by atoms with Gasteiger partial charge >= 0.3 is 0 Å². The molecule has 0 aliphatic carbocycles. The van der Waals surface area contributed by atoms with E-state index in [0.717, 1.165) is 11.3 Å². The summed E-state index contributed by atoms with van der Waals surface area (Å²) in [6, 6.07) is 12.9. The normalized spacial score (nSPS) is 10.5. The second-order valence-electron chi connectivity index (χ2n) is 5.80. The first kappa shape index (κ1) is 21.0. The fourth-order valence-corrected chi connectivity index (χ4v) is 2.22. The molecule has 0 radical (unpaired) electrons. The summed E-state index contributed by atoms with van der Waals surface area (Å²) in [4.78, 5) is 23.5. The van der Waals surface area contributed by atoms with Crippen LogP contribution in [0.15, 0.2) is 54.6 Å². The summed E-state index contributed by atoms with van der Waals surface area (Å²) in [6.45, 7) is 0.826. The first-order valence-electron chi connectivity index (χ1n) is 8.82. The Hall–Kier alpha value is -3.35. The van der Waals surface area contributed by atoms with Crippen LogP contribution in [0.4, 0.5) is 4.39 Å². The van der Waals surface area contributed by atoms with Crippen LogP contribution < -0.4 is 20.1 Å². The molecule has 2 aromatic rings. The predicted molar refractivity (Wildman–Crippen MR) is 105 cm³/mol. The summed E-state index contributed by atoms with van der Waals surface area (Å²) >= 11 is 0. The lowest BCUT2D eigenvalue weighted by Gasteiger charge is -2.08. The first-order valence-corrected chi connectivity index (χ1v) is 8.82. The molecule has 0 bridgehead atoms. The largest absolute Gasteiger partial charge is 0.497 e. The summed E-state index contributed by atoms with van der Waals surface area (Å²) in [6.07, 6.45) is 3.26. The van der Waals surface area contributed by atoms with E-state index in [1.54, 1.807) is 13.2 Å². The maximum absolute atomic E-state index is 12.8. The maximum Gasteiger partial charge on any atom is 0.244 e. The standard InChI is InChI=1S/C21H23FN2O4/c1-27-18-7-2-16(3-8-18)4-11-20(25)23-13-12-21(26)24-14-15-28-19-9-5-17(22)6-10-19/h2-11H,12-15H2,1H3,(H,23,25)(H,24,26)/b11-4+. The van der Waals surface area contributed by atoms with Gasteiger partial charge in [-0.25, -0.2) is 4.39 Å². The molecule has 0 heterocycles. The highest BCUT2D eigenvalue weighted by Gasteiger charge is 2.02. The van der Waals surface area contributed by atoms with Crippen LogP contribution >= 0.6 is 0 Å². The minimum Gasteiger partial charge on any atom is -0.497 e. The molecule has 0 fully saturated rings. The van der Waals surface area contributed by atoms with Crippen molar-refractivity contribution in [2.45, 2.75) is 6.42 Å². The van der Waals surface area contributed by atoms with Crippen molar-refractivity contribution in [2.24, 2.45) is 0 Å². The fourth-order valence-electron chi connectivity index (χ4n) is 2.22. The number of ether oxygens (including phenoxy) is 2. The highest BCUT2D eigenvalue weighted by molar-refractivity contribution is 5.92. The maximum atomic E-state index is 12.8. The lowest BCUT2D eigenvalue weighted by Crippen LogP contribution is -2.32. The number of hydrogen-bond donors (Lipinski definition) is 2. The summed E-state index contributed by atoms with van der Waals surface area (Å²) in [5.74, 6) is 0.481. The van der Waals surface area contributed by atoms with E-state index in [1.807, 2.05) is 24.3 Å². The quantitative estimate of drug-likeness (QED) is 0.486. The van der Waals surface area contributed by atoms with Gasteiger partial charge in [0.1, 0.15) is 23.9 Å². The third-order valence-corrected chi connectivity index (χ3v) is 3.70. The van der Waals surface area contributed by atoms with Crippen LogP contribution in [0.25, 0.3) is 6.08 Å². The van der Waals surface area contributed by atoms with Crippen LogP contribution in [0.5, 0.6) is 11.5 Å². The Morgan fingerprint density at radius 2 is 1.64 bits per heavy atom. The van der Waals surface area contributed by atoms with Crippen molar-refractivity contribution in [3.05, 3.63) is 66.0 Å². The van der Waals surface area contributed by atoms with Gasteiger partial charge in [0.25, 0.3) is 0 Å². The zero-order valence-electron chi connectivity index (χ0n) is 15.6. The van der Waals surface area contributed by atoms with Crippen LogP contribution in [-0.2, 0) is 9.59 Å². The molecule has 0 saturated heterocycles. The van der Waals surface area contributed by atoms with E-state index in [2.05, 4.69) is 10.6 Å². The molecule has 0 atom stereocenters. The van der Waals surface area contributed by atoms with E-state index in [9.17, 15) is 14.0 Å². The molecular formula is C21H23FN2O4. The zero-order chi connectivity index (χ0) is 20.2. The van der Waals surface area contributed by atoms with Gasteiger partial charge in [0, 0.05) is 19.0 Å². The van der Waals surface area contributed by atoms with E-state index >= 15 is 0 Å². The van der Waals surface area contributed by atoms with Crippen molar-refractivity contribution >= 4 is 17.9 Å². The highest BCUT2D eigenvalue weighted by atomic mass is 19.1. The fraction of sp³-hybridized carbons (Fsp3) is 0.238. The van der Waals surface area contributed by atoms with E-state index in [1.165, 1.54) is 30.3 Å². The number of carbonyl (C=O) groups is 2. The third-order valence-electron chi connectivity index (χ3n) is 3.70. The van der Waals surface area contributed by atoms with E-state index in [4.69, 9.17) is 9.47 Å². The number of rotatable bonds is 10. The van der Waals surface area contributed by atoms with Gasteiger partial charge in [0.2, 0.25) is 11.8 Å². The van der Waals surface area contributed by atoms with Crippen LogP contribution in [0.2, 0.25) is 0 Å². The van der Waals surface area contributed by atoms with Gasteiger partial charge in [-0.3, -0.25) is 9.59 Å². The Bertz CT molecular complexity index is 789. The monoisotopic (exact) mass is 386 g/mol. The highest BCUT2D eigenvalue weighted by Crippen LogP contribution is 2.12. The SMILES string of the molecule is COc1ccc(/C=C/C(=O)NCCC(=O)NCCOc2ccc(F)cc2)cc1. The van der Waals surface area contributed by atoms with Crippen molar-refractivity contribution in [3.8, 4) is 11.5 Å². The van der Waals surface area contributed by atoms with E-state index < -0.39 is 0 Å². The van der Waals surface area contributed by atoms with Crippen LogP contribution in [0.1, 0.15) is 12.0 Å².